The van der Waals surface area contributed by atoms with Crippen LogP contribution in [0.5, 0.6) is 0 Å². The molecule has 0 bridgehead atoms. The first kappa shape index (κ1) is 97.9. The highest BCUT2D eigenvalue weighted by molar-refractivity contribution is 7.80. The summed E-state index contributed by atoms with van der Waals surface area (Å²) in [7, 11) is 0.829. The van der Waals surface area contributed by atoms with Gasteiger partial charge in [0.1, 0.15) is 5.82 Å². The van der Waals surface area contributed by atoms with Gasteiger partial charge in [-0.1, -0.05) is 118 Å². The number of ketones is 1. The number of carboxylic acid groups (broad SMARTS) is 2. The molecule has 5 N–H and O–H groups in total. The van der Waals surface area contributed by atoms with Gasteiger partial charge in [-0.15, -0.1) is 0 Å². The molecule has 0 spiro atoms. The number of hydrogen-bond acceptors (Lipinski definition) is 21. The number of carboxylic acids is 2. The summed E-state index contributed by atoms with van der Waals surface area (Å²) in [5.41, 5.74) is 23.1. The number of nitrogen functional groups attached to an aromatic ring is 1. The lowest BCUT2D eigenvalue weighted by molar-refractivity contribution is -0.134. The second-order valence-corrected chi connectivity index (χ2v) is 38.2. The lowest BCUT2D eigenvalue weighted by Gasteiger charge is -2.34. The number of Topliss-reactive ketones (excluding diaryl/α,β-unsaturated/α-hetero) is 1. The summed E-state index contributed by atoms with van der Waals surface area (Å²) in [6.07, 6.45) is 9.07. The fraction of sp³-hybridized carbons (Fsp3) is 0.396. The predicted octanol–water partition coefficient (Wildman–Crippen LogP) is 12.4. The largest absolute Gasteiger partial charge is 1.00 e. The van der Waals surface area contributed by atoms with Crippen LogP contribution in [0.25, 0.3) is 22.4 Å². The van der Waals surface area contributed by atoms with E-state index in [0.717, 1.165) is 150 Å². The number of aliphatic carboxylic acids is 1. The van der Waals surface area contributed by atoms with E-state index < -0.39 is 34.7 Å². The standard InChI is InChI=1S/C27H32N4O2.C26H29N5O.C19H25N3.C9H21O6P3.C8H9NO3.C2H4O2.HI.H2/c1-20-15-23(19-30(3)27(20)33)26(32)16-22-9-10-24(31-13-11-29(2)12-14-31)17-25(22)28-18-21-7-5-4-6-8-21;1-19-15-21(18-29(3)26(19)32)25-27-23-10-9-22(30-13-11-28(2)12-14-30)16-24(23)31(25)17-20-7-5-4-6-8-20;1-21-11-13-22(14-12-21)18-9-10-19(20)17(15-18)8-7-16-5-3-2-4-6-16;1-4-7-16(10)13-17(11,8-5-2)15-18(12,14-16)9-6-3;1-5-3-6(8(11)12)4-9(2)7(5)10;1-2(3)4;;/h4-10,15,17,19,28H,11-14,16,18H2,1-3H3;4-10,15-16,18H,11-14,17H2,1-3H3;2-6,9-10,15H,7-8,11-14,20H2,1H3;4-9H2,1-3H3;3-4H,1-2H3,(H,11,12);1H3,(H,3,4);2*1H/p-1/i;;;;;;;1+1. The number of aromatic carboxylic acids is 1. The zero-order chi connectivity index (χ0) is 87.7. The molecule has 4 aliphatic rings. The number of aromatic nitrogens is 5. The maximum Gasteiger partial charge on any atom is 0.345 e. The van der Waals surface area contributed by atoms with E-state index in [2.05, 4.69) is 182 Å². The van der Waals surface area contributed by atoms with E-state index in [1.54, 1.807) is 65.5 Å². The number of aryl methyl sites for hydroxylation is 8. The molecule has 4 saturated heterocycles. The van der Waals surface area contributed by atoms with Crippen LogP contribution >= 0.6 is 22.8 Å². The highest BCUT2D eigenvalue weighted by Crippen LogP contribution is 2.82. The second kappa shape index (κ2) is 46.2. The predicted molar refractivity (Wildman–Crippen MR) is 490 cm³/mol. The van der Waals surface area contributed by atoms with Crippen molar-refractivity contribution in [2.24, 2.45) is 21.1 Å². The number of anilines is 5. The number of likely N-dealkylation sites (N-methyl/N-ethyl adjacent to an activating group) is 3. The van der Waals surface area contributed by atoms with Crippen molar-refractivity contribution in [1.82, 2.24) is 38.0 Å². The Balaban J connectivity index is 0.000000216. The summed E-state index contributed by atoms with van der Waals surface area (Å²) in [4.78, 5) is 87.4. The molecule has 27 nitrogen and oxygen atoms in total. The summed E-state index contributed by atoms with van der Waals surface area (Å²) in [6, 6.07) is 55.8. The Kier molecular flexibility index (Phi) is 37.1. The van der Waals surface area contributed by atoms with Crippen molar-refractivity contribution in [2.45, 2.75) is 100 Å². The number of hydrogen-bond donors (Lipinski definition) is 4. The minimum absolute atomic E-state index is 0. The lowest BCUT2D eigenvalue weighted by Crippen LogP contribution is -3.00. The average Bonchev–Trinajstić information content (AvgIpc) is 1.20. The smallest absolute Gasteiger partial charge is 0.345 e. The van der Waals surface area contributed by atoms with Crippen LogP contribution < -0.4 is 66.4 Å². The summed E-state index contributed by atoms with van der Waals surface area (Å²) < 4.78 is 58.9. The van der Waals surface area contributed by atoms with Crippen LogP contribution in [0.4, 0.5) is 28.4 Å². The highest BCUT2D eigenvalue weighted by Gasteiger charge is 2.51. The molecular weight excluding hydrogens is 1720 g/mol. The van der Waals surface area contributed by atoms with Gasteiger partial charge in [0.2, 0.25) is 0 Å². The topological polar surface area (TPSA) is 312 Å². The number of rotatable bonds is 22. The molecule has 14 rings (SSSR count). The first-order valence-electron chi connectivity index (χ1n) is 41.2. The van der Waals surface area contributed by atoms with Crippen molar-refractivity contribution in [2.75, 3.05) is 144 Å². The van der Waals surface area contributed by atoms with Crippen LogP contribution in [0.2, 0.25) is 0 Å². The number of fused-ring (bicyclic) bond motifs is 1. The third kappa shape index (κ3) is 28.5. The van der Waals surface area contributed by atoms with Crippen LogP contribution in [0, 0.1) is 20.8 Å². The second-order valence-electron chi connectivity index (χ2n) is 31.3. The molecule has 10 aromatic rings. The van der Waals surface area contributed by atoms with Crippen LogP contribution in [0.15, 0.2) is 197 Å². The molecule has 8 heterocycles. The lowest BCUT2D eigenvalue weighted by atomic mass is 10.0. The van der Waals surface area contributed by atoms with Crippen LogP contribution in [-0.2, 0) is 84.9 Å². The normalized spacial score (nSPS) is 17.9. The third-order valence-electron chi connectivity index (χ3n) is 21.1. The van der Waals surface area contributed by atoms with Crippen molar-refractivity contribution in [3.63, 3.8) is 0 Å². The number of carbonyl (C=O) groups excluding carboxylic acids is 1. The number of pyridine rings is 3. The van der Waals surface area contributed by atoms with E-state index in [0.29, 0.717) is 42.5 Å². The van der Waals surface area contributed by atoms with Crippen LogP contribution in [0.3, 0.4) is 0 Å². The van der Waals surface area contributed by atoms with E-state index >= 15 is 0 Å². The zero-order valence-corrected chi connectivity index (χ0v) is 77.4. The highest BCUT2D eigenvalue weighted by atomic mass is 127. The number of benzene rings is 6. The summed E-state index contributed by atoms with van der Waals surface area (Å²) >= 11 is 0. The first-order valence-corrected chi connectivity index (χ1v) is 46.4. The maximum atomic E-state index is 13.1. The number of halogens is 1. The number of imidazole rings is 1. The molecule has 0 unspecified atom stereocenters. The van der Waals surface area contributed by atoms with Crippen molar-refractivity contribution in [3.8, 4) is 11.4 Å². The molecule has 6 aromatic carbocycles. The zero-order valence-electron chi connectivity index (χ0n) is 72.6. The molecule has 658 valence electrons. The number of piperazine rings is 3. The van der Waals surface area contributed by atoms with Gasteiger partial charge >= 0.3 is 28.8 Å². The number of nitrogens with two attached hydrogens (primary N) is 1. The minimum Gasteiger partial charge on any atom is -1.00 e. The van der Waals surface area contributed by atoms with Gasteiger partial charge in [0.05, 0.1) is 35.1 Å². The van der Waals surface area contributed by atoms with Gasteiger partial charge in [-0.3, -0.25) is 37.7 Å². The van der Waals surface area contributed by atoms with Gasteiger partial charge in [0.15, 0.2) is 5.78 Å². The molecule has 0 aliphatic carbocycles. The number of nitrogens with one attached hydrogen (secondary N) is 1. The molecule has 0 amide bonds. The van der Waals surface area contributed by atoms with Gasteiger partial charge in [0.25, 0.3) is 22.6 Å². The Bertz CT molecular complexity index is 5340. The summed E-state index contributed by atoms with van der Waals surface area (Å²) in [5, 5.41) is 19.6. The van der Waals surface area contributed by atoms with E-state index in [1.807, 2.05) is 43.5 Å². The third-order valence-corrected chi connectivity index (χ3v) is 30.1. The van der Waals surface area contributed by atoms with Crippen molar-refractivity contribution >= 4 is 80.0 Å². The summed E-state index contributed by atoms with van der Waals surface area (Å²) in [6.45, 7) is 25.8. The number of nitrogens with zero attached hydrogens (tertiary/aromatic N) is 11. The molecule has 0 radical (unpaired) electrons. The Labute approximate surface area is 735 Å². The molecule has 0 atom stereocenters. The van der Waals surface area contributed by atoms with Crippen LogP contribution in [0.1, 0.15) is 114 Å². The first-order chi connectivity index (χ1) is 57.7. The van der Waals surface area contributed by atoms with Gasteiger partial charge in [-0.2, -0.15) is 0 Å². The van der Waals surface area contributed by atoms with E-state index in [9.17, 15) is 37.7 Å². The Morgan fingerprint density at radius 1 is 0.484 bits per heavy atom. The Hall–Kier alpha value is -9.57. The van der Waals surface area contributed by atoms with Gasteiger partial charge in [0, 0.05) is 202 Å². The van der Waals surface area contributed by atoms with Gasteiger partial charge in [-0.25, -0.2) is 22.7 Å². The molecule has 4 fully saturated rings. The van der Waals surface area contributed by atoms with Crippen molar-refractivity contribution < 1.29 is 76.6 Å². The van der Waals surface area contributed by atoms with Gasteiger partial charge in [-0.05, 0) is 169 Å². The van der Waals surface area contributed by atoms with E-state index in [-0.39, 0.29) is 78.3 Å². The van der Waals surface area contributed by atoms with Crippen molar-refractivity contribution in [3.05, 3.63) is 269 Å². The monoisotopic (exact) mass is 1840 g/mol. The molecular formula is C91H122IN13O14P3-. The quantitative estimate of drug-likeness (QED) is 0.0212. The fourth-order valence-electron chi connectivity index (χ4n) is 14.4. The molecule has 122 heavy (non-hydrogen) atoms. The SMILES string of the molecule is CC(=O)O.CCCP1(=O)OP(=O)(CCC)OP(=O)(CCC)O1.CN1CCN(c2ccc(N)c(CCc3ccccc3)c2)CC1.Cc1cc(-c2nc3ccc(N4CCN(C)CC4)cc3n2Cc2ccccc2)cn(C)c1=O.Cc1cc(C(=O)Cc2ccc(N3CCN(C)CC3)cc2NCc2ccccc2)cn(C)c1=O.Cc1cc(C(=O)O)cn(C)c1=O.[2HH].[I-]. The summed E-state index contributed by atoms with van der Waals surface area (Å²) in [5.74, 6) is -0.962. The molecule has 31 heteroatoms. The molecule has 4 aliphatic heterocycles. The Morgan fingerprint density at radius 3 is 1.34 bits per heavy atom. The maximum absolute atomic E-state index is 13.1. The van der Waals surface area contributed by atoms with Crippen molar-refractivity contribution in [1.29, 1.82) is 0 Å². The van der Waals surface area contributed by atoms with Crippen LogP contribution in [-0.4, -0.2) is 184 Å². The average molecular weight is 1840 g/mol. The van der Waals surface area contributed by atoms with E-state index in [1.165, 1.54) is 67.8 Å². The molecule has 4 aromatic heterocycles. The fourth-order valence-corrected chi connectivity index (χ4v) is 23.7. The van der Waals surface area contributed by atoms with Gasteiger partial charge < -0.3 is 92.9 Å². The Morgan fingerprint density at radius 2 is 0.885 bits per heavy atom. The number of carbonyl (C=O) groups is 3. The minimum atomic E-state index is -3.57. The van der Waals surface area contributed by atoms with E-state index in [4.69, 9.17) is 38.7 Å². The molecule has 0 saturated carbocycles.